The van der Waals surface area contributed by atoms with Crippen molar-refractivity contribution in [2.45, 2.75) is 31.2 Å². The Balaban J connectivity index is 2.56. The number of phenolic OH excluding ortho intramolecular Hbond substituents is 1. The molecular weight excluding hydrogens is 227 g/mol. The maximum atomic E-state index is 13.4. The van der Waals surface area contributed by atoms with Gasteiger partial charge in [0.15, 0.2) is 11.6 Å². The van der Waals surface area contributed by atoms with Crippen LogP contribution in [0.1, 0.15) is 31.2 Å². The minimum absolute atomic E-state index is 0.140. The van der Waals surface area contributed by atoms with Crippen molar-refractivity contribution in [2.75, 3.05) is 0 Å². The SMILES string of the molecule is NC1(c2cc([N+](=O)[O-])cc(F)c2O)CCCC1. The average molecular weight is 240 g/mol. The molecule has 0 saturated heterocycles. The molecular formula is C11H13FN2O3. The molecule has 0 atom stereocenters. The summed E-state index contributed by atoms with van der Waals surface area (Å²) in [5.74, 6) is -1.56. The van der Waals surface area contributed by atoms with Gasteiger partial charge >= 0.3 is 0 Å². The van der Waals surface area contributed by atoms with Crippen LogP contribution in [0.5, 0.6) is 5.75 Å². The van der Waals surface area contributed by atoms with Gasteiger partial charge in [0.2, 0.25) is 0 Å². The van der Waals surface area contributed by atoms with Gasteiger partial charge in [-0.05, 0) is 12.8 Å². The molecule has 1 aromatic rings. The number of phenols is 1. The first-order valence-corrected chi connectivity index (χ1v) is 5.40. The number of hydrogen-bond acceptors (Lipinski definition) is 4. The van der Waals surface area contributed by atoms with Crippen LogP contribution < -0.4 is 5.73 Å². The molecule has 1 saturated carbocycles. The molecule has 1 aromatic carbocycles. The fourth-order valence-corrected chi connectivity index (χ4v) is 2.34. The first-order chi connectivity index (χ1) is 7.94. The van der Waals surface area contributed by atoms with Gasteiger partial charge in [0.05, 0.1) is 11.0 Å². The lowest BCUT2D eigenvalue weighted by Crippen LogP contribution is -2.33. The number of nitro benzene ring substituents is 1. The van der Waals surface area contributed by atoms with E-state index in [4.69, 9.17) is 5.73 Å². The summed E-state index contributed by atoms with van der Waals surface area (Å²) >= 11 is 0. The van der Waals surface area contributed by atoms with E-state index in [9.17, 15) is 19.6 Å². The van der Waals surface area contributed by atoms with Crippen molar-refractivity contribution >= 4 is 5.69 Å². The van der Waals surface area contributed by atoms with Crippen LogP contribution in [-0.2, 0) is 5.54 Å². The summed E-state index contributed by atoms with van der Waals surface area (Å²) in [4.78, 5) is 9.96. The van der Waals surface area contributed by atoms with Gasteiger partial charge in [-0.1, -0.05) is 12.8 Å². The van der Waals surface area contributed by atoms with Crippen molar-refractivity contribution in [1.82, 2.24) is 0 Å². The van der Waals surface area contributed by atoms with Crippen LogP contribution in [0.3, 0.4) is 0 Å². The molecule has 0 radical (unpaired) electrons. The van der Waals surface area contributed by atoms with Crippen molar-refractivity contribution in [3.05, 3.63) is 33.6 Å². The Kier molecular flexibility index (Phi) is 2.74. The third-order valence-electron chi connectivity index (χ3n) is 3.29. The number of halogens is 1. The zero-order valence-electron chi connectivity index (χ0n) is 9.15. The summed E-state index contributed by atoms with van der Waals surface area (Å²) in [5, 5.41) is 20.3. The maximum Gasteiger partial charge on any atom is 0.272 e. The number of nitrogens with two attached hydrogens (primary N) is 1. The standard InChI is InChI=1S/C11H13FN2O3/c12-9-6-7(14(16)17)5-8(10(9)15)11(13)3-1-2-4-11/h5-6,15H,1-4,13H2. The lowest BCUT2D eigenvalue weighted by molar-refractivity contribution is -0.385. The fourth-order valence-electron chi connectivity index (χ4n) is 2.34. The van der Waals surface area contributed by atoms with Gasteiger partial charge < -0.3 is 10.8 Å². The average Bonchev–Trinajstić information content (AvgIpc) is 2.69. The van der Waals surface area contributed by atoms with Crippen molar-refractivity contribution in [3.8, 4) is 5.75 Å². The van der Waals surface area contributed by atoms with Crippen molar-refractivity contribution in [3.63, 3.8) is 0 Å². The molecule has 0 aromatic heterocycles. The Morgan fingerprint density at radius 2 is 2.00 bits per heavy atom. The molecule has 0 unspecified atom stereocenters. The van der Waals surface area contributed by atoms with Crippen LogP contribution >= 0.6 is 0 Å². The predicted octanol–water partition coefficient (Wildman–Crippen LogP) is 2.17. The molecule has 0 heterocycles. The number of hydrogen-bond donors (Lipinski definition) is 2. The smallest absolute Gasteiger partial charge is 0.272 e. The maximum absolute atomic E-state index is 13.4. The molecule has 92 valence electrons. The summed E-state index contributed by atoms with van der Waals surface area (Å²) in [6.07, 6.45) is 2.95. The molecule has 0 spiro atoms. The van der Waals surface area contributed by atoms with E-state index in [1.54, 1.807) is 0 Å². The largest absolute Gasteiger partial charge is 0.505 e. The summed E-state index contributed by atoms with van der Waals surface area (Å²) in [7, 11) is 0. The molecule has 6 heteroatoms. The molecule has 17 heavy (non-hydrogen) atoms. The highest BCUT2D eigenvalue weighted by Crippen LogP contribution is 2.42. The van der Waals surface area contributed by atoms with Gasteiger partial charge in [0.1, 0.15) is 0 Å². The highest BCUT2D eigenvalue weighted by Gasteiger charge is 2.36. The molecule has 2 rings (SSSR count). The van der Waals surface area contributed by atoms with E-state index in [0.29, 0.717) is 18.9 Å². The Labute approximate surface area is 97.2 Å². The first kappa shape index (κ1) is 11.8. The van der Waals surface area contributed by atoms with E-state index in [2.05, 4.69) is 0 Å². The van der Waals surface area contributed by atoms with E-state index in [1.165, 1.54) is 6.07 Å². The highest BCUT2D eigenvalue weighted by molar-refractivity contribution is 5.48. The van der Waals surface area contributed by atoms with Gasteiger partial charge in [-0.15, -0.1) is 0 Å². The topological polar surface area (TPSA) is 89.4 Å². The summed E-state index contributed by atoms with van der Waals surface area (Å²) in [6, 6.07) is 1.88. The minimum Gasteiger partial charge on any atom is -0.505 e. The molecule has 0 amide bonds. The van der Waals surface area contributed by atoms with E-state index < -0.39 is 22.0 Å². The second-order valence-corrected chi connectivity index (χ2v) is 4.44. The van der Waals surface area contributed by atoms with Gasteiger partial charge in [-0.25, -0.2) is 4.39 Å². The third kappa shape index (κ3) is 1.95. The Morgan fingerprint density at radius 1 is 1.41 bits per heavy atom. The van der Waals surface area contributed by atoms with Crippen LogP contribution in [0.4, 0.5) is 10.1 Å². The van der Waals surface area contributed by atoms with Gasteiger partial charge in [0, 0.05) is 17.2 Å². The Hall–Kier alpha value is -1.69. The number of nitrogens with zero attached hydrogens (tertiary/aromatic N) is 1. The predicted molar refractivity (Wildman–Crippen MR) is 59.1 cm³/mol. The van der Waals surface area contributed by atoms with E-state index >= 15 is 0 Å². The van der Waals surface area contributed by atoms with Crippen LogP contribution in [0.25, 0.3) is 0 Å². The highest BCUT2D eigenvalue weighted by atomic mass is 19.1. The quantitative estimate of drug-likeness (QED) is 0.612. The van der Waals surface area contributed by atoms with Gasteiger partial charge in [0.25, 0.3) is 5.69 Å². The van der Waals surface area contributed by atoms with Crippen molar-refractivity contribution < 1.29 is 14.4 Å². The number of aromatic hydroxyl groups is 1. The van der Waals surface area contributed by atoms with E-state index in [-0.39, 0.29) is 11.3 Å². The van der Waals surface area contributed by atoms with Crippen molar-refractivity contribution in [1.29, 1.82) is 0 Å². The molecule has 5 nitrogen and oxygen atoms in total. The molecule has 1 aliphatic rings. The summed E-state index contributed by atoms with van der Waals surface area (Å²) < 4.78 is 13.4. The Bertz CT molecular complexity index is 470. The fraction of sp³-hybridized carbons (Fsp3) is 0.455. The monoisotopic (exact) mass is 240 g/mol. The minimum atomic E-state index is -0.995. The Morgan fingerprint density at radius 3 is 2.53 bits per heavy atom. The summed E-state index contributed by atoms with van der Waals surface area (Å²) in [5.41, 5.74) is 4.98. The zero-order chi connectivity index (χ0) is 12.6. The normalized spacial score (nSPS) is 18.2. The van der Waals surface area contributed by atoms with Crippen LogP contribution in [0.15, 0.2) is 12.1 Å². The first-order valence-electron chi connectivity index (χ1n) is 5.40. The van der Waals surface area contributed by atoms with Crippen LogP contribution in [0.2, 0.25) is 0 Å². The number of benzene rings is 1. The second-order valence-electron chi connectivity index (χ2n) is 4.44. The molecule has 3 N–H and O–H groups in total. The molecule has 1 aliphatic carbocycles. The number of rotatable bonds is 2. The molecule has 1 fully saturated rings. The second kappa shape index (κ2) is 3.96. The molecule has 0 bridgehead atoms. The van der Waals surface area contributed by atoms with E-state index in [1.807, 2.05) is 0 Å². The van der Waals surface area contributed by atoms with Gasteiger partial charge in [-0.2, -0.15) is 0 Å². The molecule has 0 aliphatic heterocycles. The third-order valence-corrected chi connectivity index (χ3v) is 3.29. The van der Waals surface area contributed by atoms with Gasteiger partial charge in [-0.3, -0.25) is 10.1 Å². The van der Waals surface area contributed by atoms with Crippen LogP contribution in [-0.4, -0.2) is 10.0 Å². The van der Waals surface area contributed by atoms with Crippen molar-refractivity contribution in [2.24, 2.45) is 5.73 Å². The van der Waals surface area contributed by atoms with Crippen LogP contribution in [0, 0.1) is 15.9 Å². The zero-order valence-corrected chi connectivity index (χ0v) is 9.15. The lowest BCUT2D eigenvalue weighted by atomic mass is 9.88. The number of nitro groups is 1. The summed E-state index contributed by atoms with van der Waals surface area (Å²) in [6.45, 7) is 0. The van der Waals surface area contributed by atoms with E-state index in [0.717, 1.165) is 12.8 Å². The lowest BCUT2D eigenvalue weighted by Gasteiger charge is -2.24. The number of non-ortho nitro benzene ring substituents is 1.